The molecule has 0 aromatic heterocycles. The van der Waals surface area contributed by atoms with E-state index < -0.39 is 0 Å². The zero-order chi connectivity index (χ0) is 11.6. The lowest BCUT2D eigenvalue weighted by Crippen LogP contribution is -2.43. The average molecular weight is 274 g/mol. The van der Waals surface area contributed by atoms with E-state index >= 15 is 0 Å². The van der Waals surface area contributed by atoms with Crippen molar-refractivity contribution in [2.75, 3.05) is 0 Å². The minimum atomic E-state index is -0.264. The maximum Gasteiger partial charge on any atom is 0.124 e. The van der Waals surface area contributed by atoms with Gasteiger partial charge >= 0.3 is 0 Å². The van der Waals surface area contributed by atoms with Crippen molar-refractivity contribution in [3.8, 4) is 0 Å². The molecule has 1 atom stereocenters. The summed E-state index contributed by atoms with van der Waals surface area (Å²) in [7, 11) is 0. The topological polar surface area (TPSA) is 26.0 Å². The second kappa shape index (κ2) is 4.62. The van der Waals surface area contributed by atoms with Gasteiger partial charge in [-0.25, -0.2) is 4.39 Å². The molecule has 0 aliphatic carbocycles. The van der Waals surface area contributed by atoms with Crippen molar-refractivity contribution in [3.05, 3.63) is 34.1 Å². The molecular weight excluding hydrogens is 257 g/mol. The van der Waals surface area contributed by atoms with Gasteiger partial charge in [0.1, 0.15) is 5.82 Å². The Kier molecular flexibility index (Phi) is 3.90. The Morgan fingerprint density at radius 1 is 1.47 bits per heavy atom. The highest BCUT2D eigenvalue weighted by molar-refractivity contribution is 9.10. The molecule has 0 heterocycles. The van der Waals surface area contributed by atoms with Crippen LogP contribution in [0.25, 0.3) is 0 Å². The summed E-state index contributed by atoms with van der Waals surface area (Å²) in [5, 5.41) is 0. The molecule has 1 rings (SSSR count). The SMILES string of the molecule is CC(C)C(C)(N)Cc1ccc(F)cc1Br. The Hall–Kier alpha value is -0.410. The molecule has 1 aromatic carbocycles. The van der Waals surface area contributed by atoms with Gasteiger partial charge in [-0.15, -0.1) is 0 Å². The fourth-order valence-electron chi connectivity index (χ4n) is 1.28. The molecular formula is C12H17BrFN. The summed E-state index contributed by atoms with van der Waals surface area (Å²) in [5.74, 6) is 0.156. The van der Waals surface area contributed by atoms with Gasteiger partial charge < -0.3 is 5.73 Å². The molecule has 0 spiro atoms. The highest BCUT2D eigenvalue weighted by Crippen LogP contribution is 2.25. The Bertz CT molecular complexity index is 347. The van der Waals surface area contributed by atoms with Crippen LogP contribution in [0.15, 0.2) is 22.7 Å². The molecule has 0 bridgehead atoms. The largest absolute Gasteiger partial charge is 0.325 e. The molecule has 1 nitrogen and oxygen atoms in total. The van der Waals surface area contributed by atoms with E-state index in [1.807, 2.05) is 6.92 Å². The van der Waals surface area contributed by atoms with Crippen molar-refractivity contribution < 1.29 is 4.39 Å². The quantitative estimate of drug-likeness (QED) is 0.896. The maximum atomic E-state index is 12.9. The molecule has 0 aliphatic rings. The van der Waals surface area contributed by atoms with E-state index in [4.69, 9.17) is 5.73 Å². The van der Waals surface area contributed by atoms with Crippen molar-refractivity contribution in [3.63, 3.8) is 0 Å². The van der Waals surface area contributed by atoms with Crippen LogP contribution >= 0.6 is 15.9 Å². The van der Waals surface area contributed by atoms with E-state index in [1.54, 1.807) is 6.07 Å². The van der Waals surface area contributed by atoms with Gasteiger partial charge in [-0.2, -0.15) is 0 Å². The number of benzene rings is 1. The predicted octanol–water partition coefficient (Wildman–Crippen LogP) is 3.50. The second-order valence-corrected chi connectivity index (χ2v) is 5.43. The lowest BCUT2D eigenvalue weighted by molar-refractivity contribution is 0.337. The summed E-state index contributed by atoms with van der Waals surface area (Å²) in [4.78, 5) is 0. The van der Waals surface area contributed by atoms with E-state index in [0.717, 1.165) is 16.5 Å². The van der Waals surface area contributed by atoms with Gasteiger partial charge in [0.15, 0.2) is 0 Å². The lowest BCUT2D eigenvalue weighted by Gasteiger charge is -2.29. The summed E-state index contributed by atoms with van der Waals surface area (Å²) in [6.45, 7) is 6.21. The Morgan fingerprint density at radius 2 is 2.07 bits per heavy atom. The Labute approximate surface area is 99.0 Å². The highest BCUT2D eigenvalue weighted by Gasteiger charge is 2.24. The highest BCUT2D eigenvalue weighted by atomic mass is 79.9. The summed E-state index contributed by atoms with van der Waals surface area (Å²) in [6, 6.07) is 4.73. The summed E-state index contributed by atoms with van der Waals surface area (Å²) in [5.41, 5.74) is 6.97. The van der Waals surface area contributed by atoms with Crippen LogP contribution < -0.4 is 5.73 Å². The van der Waals surface area contributed by atoms with E-state index in [2.05, 4.69) is 29.8 Å². The van der Waals surface area contributed by atoms with Crippen LogP contribution in [0.3, 0.4) is 0 Å². The van der Waals surface area contributed by atoms with Crippen LogP contribution in [-0.2, 0) is 6.42 Å². The molecule has 1 aromatic rings. The molecule has 84 valence electrons. The van der Waals surface area contributed by atoms with Gasteiger partial charge in [-0.05, 0) is 37.0 Å². The molecule has 0 saturated carbocycles. The van der Waals surface area contributed by atoms with Crippen LogP contribution in [0.1, 0.15) is 26.3 Å². The zero-order valence-electron chi connectivity index (χ0n) is 9.35. The lowest BCUT2D eigenvalue weighted by atomic mass is 9.84. The zero-order valence-corrected chi connectivity index (χ0v) is 10.9. The molecule has 0 saturated heterocycles. The van der Waals surface area contributed by atoms with Crippen molar-refractivity contribution in [1.29, 1.82) is 0 Å². The summed E-state index contributed by atoms with van der Waals surface area (Å²) < 4.78 is 13.7. The van der Waals surface area contributed by atoms with Crippen molar-refractivity contribution in [2.45, 2.75) is 32.7 Å². The minimum Gasteiger partial charge on any atom is -0.325 e. The first kappa shape index (κ1) is 12.7. The number of halogens is 2. The van der Waals surface area contributed by atoms with Crippen LogP contribution in [0.4, 0.5) is 4.39 Å². The van der Waals surface area contributed by atoms with Crippen molar-refractivity contribution in [2.24, 2.45) is 11.7 Å². The first-order valence-electron chi connectivity index (χ1n) is 5.06. The monoisotopic (exact) mass is 273 g/mol. The normalized spacial score (nSPS) is 15.4. The smallest absolute Gasteiger partial charge is 0.124 e. The van der Waals surface area contributed by atoms with Crippen LogP contribution in [0, 0.1) is 11.7 Å². The number of hydrogen-bond acceptors (Lipinski definition) is 1. The minimum absolute atomic E-state index is 0.228. The van der Waals surface area contributed by atoms with Gasteiger partial charge in [0.25, 0.3) is 0 Å². The second-order valence-electron chi connectivity index (χ2n) is 4.57. The third-order valence-electron chi connectivity index (χ3n) is 2.91. The average Bonchev–Trinajstić information content (AvgIpc) is 2.09. The molecule has 1 unspecified atom stereocenters. The molecule has 0 amide bonds. The summed E-state index contributed by atoms with van der Waals surface area (Å²) >= 11 is 3.35. The van der Waals surface area contributed by atoms with E-state index in [9.17, 15) is 4.39 Å². The van der Waals surface area contributed by atoms with E-state index in [1.165, 1.54) is 12.1 Å². The Balaban J connectivity index is 2.90. The molecule has 0 aliphatic heterocycles. The molecule has 15 heavy (non-hydrogen) atoms. The fraction of sp³-hybridized carbons (Fsp3) is 0.500. The molecule has 0 radical (unpaired) electrons. The van der Waals surface area contributed by atoms with Gasteiger partial charge in [0.05, 0.1) is 0 Å². The number of hydrogen-bond donors (Lipinski definition) is 1. The molecule has 2 N–H and O–H groups in total. The van der Waals surface area contributed by atoms with E-state index in [-0.39, 0.29) is 11.4 Å². The first-order chi connectivity index (χ1) is 6.83. The molecule has 0 fully saturated rings. The fourth-order valence-corrected chi connectivity index (χ4v) is 1.77. The third kappa shape index (κ3) is 3.28. The van der Waals surface area contributed by atoms with Gasteiger partial charge in [0.2, 0.25) is 0 Å². The third-order valence-corrected chi connectivity index (χ3v) is 3.64. The number of rotatable bonds is 3. The van der Waals surface area contributed by atoms with Crippen LogP contribution in [0.5, 0.6) is 0 Å². The molecule has 3 heteroatoms. The standard InChI is InChI=1S/C12H17BrFN/c1-8(2)12(3,15)7-9-4-5-10(14)6-11(9)13/h4-6,8H,7,15H2,1-3H3. The van der Waals surface area contributed by atoms with Gasteiger partial charge in [0, 0.05) is 10.0 Å². The van der Waals surface area contributed by atoms with E-state index in [0.29, 0.717) is 5.92 Å². The van der Waals surface area contributed by atoms with Crippen molar-refractivity contribution in [1.82, 2.24) is 0 Å². The van der Waals surface area contributed by atoms with Crippen molar-refractivity contribution >= 4 is 15.9 Å². The summed E-state index contributed by atoms with van der Waals surface area (Å²) in [6.07, 6.45) is 0.742. The predicted molar refractivity (Wildman–Crippen MR) is 65.2 cm³/mol. The van der Waals surface area contributed by atoms with Gasteiger partial charge in [-0.3, -0.25) is 0 Å². The van der Waals surface area contributed by atoms with Gasteiger partial charge in [-0.1, -0.05) is 35.8 Å². The Morgan fingerprint density at radius 3 is 2.53 bits per heavy atom. The first-order valence-corrected chi connectivity index (χ1v) is 5.85. The maximum absolute atomic E-state index is 12.9. The van der Waals surface area contributed by atoms with Crippen LogP contribution in [-0.4, -0.2) is 5.54 Å². The van der Waals surface area contributed by atoms with Crippen LogP contribution in [0.2, 0.25) is 0 Å². The number of nitrogens with two attached hydrogens (primary N) is 1.